The summed E-state index contributed by atoms with van der Waals surface area (Å²) in [6.45, 7) is 2.87. The van der Waals surface area contributed by atoms with Gasteiger partial charge in [-0.15, -0.1) is 11.8 Å². The number of morpholine rings is 1. The van der Waals surface area contributed by atoms with E-state index in [1.165, 1.54) is 0 Å². The Hall–Kier alpha value is -1.40. The number of halogens is 2. The van der Waals surface area contributed by atoms with Crippen LogP contribution in [0.15, 0.2) is 41.3 Å². The molecule has 0 aromatic heterocycles. The zero-order valence-corrected chi connectivity index (χ0v) is 16.0. The van der Waals surface area contributed by atoms with Crippen molar-refractivity contribution in [3.05, 3.63) is 52.0 Å². The number of thioether (sulfide) groups is 1. The Morgan fingerprint density at radius 3 is 2.64 bits per heavy atom. The van der Waals surface area contributed by atoms with Gasteiger partial charge in [-0.3, -0.25) is 4.79 Å². The minimum Gasteiger partial charge on any atom is -0.378 e. The maximum atomic E-state index is 12.8. The lowest BCUT2D eigenvalue weighted by atomic mass is 10.2. The number of ether oxygens (including phenoxy) is 1. The third kappa shape index (κ3) is 4.42. The molecule has 1 fully saturated rings. The third-order valence-electron chi connectivity index (χ3n) is 3.98. The predicted octanol–water partition coefficient (Wildman–Crippen LogP) is 4.80. The molecule has 0 bridgehead atoms. The van der Waals surface area contributed by atoms with Crippen LogP contribution in [0.1, 0.15) is 10.4 Å². The first kappa shape index (κ1) is 18.4. The van der Waals surface area contributed by atoms with Crippen LogP contribution >= 0.6 is 35.0 Å². The Bertz CT molecular complexity index is 780. The Morgan fingerprint density at radius 1 is 1.16 bits per heavy atom. The quantitative estimate of drug-likeness (QED) is 0.753. The topological polar surface area (TPSA) is 41.6 Å². The highest BCUT2D eigenvalue weighted by Gasteiger charge is 2.18. The molecule has 1 N–H and O–H groups in total. The summed E-state index contributed by atoms with van der Waals surface area (Å²) >= 11 is 13.9. The summed E-state index contributed by atoms with van der Waals surface area (Å²) in [5, 5.41) is 3.95. The second-order valence-electron chi connectivity index (χ2n) is 5.56. The van der Waals surface area contributed by atoms with E-state index in [9.17, 15) is 4.79 Å². The highest BCUT2D eigenvalue weighted by atomic mass is 35.5. The van der Waals surface area contributed by atoms with Crippen molar-refractivity contribution in [1.29, 1.82) is 0 Å². The Balaban J connectivity index is 1.89. The number of amides is 1. The van der Waals surface area contributed by atoms with Crippen molar-refractivity contribution in [1.82, 2.24) is 0 Å². The number of carbonyl (C=O) groups excluding carboxylic acids is 1. The van der Waals surface area contributed by atoms with Gasteiger partial charge in [0, 0.05) is 23.0 Å². The van der Waals surface area contributed by atoms with Gasteiger partial charge >= 0.3 is 0 Å². The van der Waals surface area contributed by atoms with Crippen LogP contribution in [0.2, 0.25) is 10.0 Å². The van der Waals surface area contributed by atoms with Crippen LogP contribution in [-0.4, -0.2) is 38.5 Å². The van der Waals surface area contributed by atoms with Crippen molar-refractivity contribution >= 4 is 52.2 Å². The smallest absolute Gasteiger partial charge is 0.257 e. The molecule has 25 heavy (non-hydrogen) atoms. The molecule has 7 heteroatoms. The molecule has 3 rings (SSSR count). The number of nitrogens with zero attached hydrogens (tertiary/aromatic N) is 1. The number of hydrogen-bond acceptors (Lipinski definition) is 4. The second kappa shape index (κ2) is 8.32. The van der Waals surface area contributed by atoms with Crippen LogP contribution in [0.4, 0.5) is 11.4 Å². The van der Waals surface area contributed by atoms with Crippen LogP contribution in [0, 0.1) is 0 Å². The maximum Gasteiger partial charge on any atom is 0.257 e. The van der Waals surface area contributed by atoms with Crippen LogP contribution < -0.4 is 10.2 Å². The van der Waals surface area contributed by atoms with E-state index < -0.39 is 0 Å². The van der Waals surface area contributed by atoms with Gasteiger partial charge in [-0.05, 0) is 42.7 Å². The summed E-state index contributed by atoms with van der Waals surface area (Å²) in [5.41, 5.74) is 2.05. The minimum absolute atomic E-state index is 0.252. The average molecular weight is 397 g/mol. The number of anilines is 2. The lowest BCUT2D eigenvalue weighted by molar-refractivity contribution is 0.102. The van der Waals surface area contributed by atoms with Crippen LogP contribution in [-0.2, 0) is 4.74 Å². The number of hydrogen-bond donors (Lipinski definition) is 1. The van der Waals surface area contributed by atoms with Gasteiger partial charge in [0.05, 0.1) is 35.2 Å². The van der Waals surface area contributed by atoms with E-state index in [1.807, 2.05) is 24.5 Å². The molecule has 1 aliphatic rings. The van der Waals surface area contributed by atoms with Gasteiger partial charge in [-0.25, -0.2) is 0 Å². The molecule has 1 amide bonds. The summed E-state index contributed by atoms with van der Waals surface area (Å²) in [6.07, 6.45) is 1.96. The number of benzene rings is 2. The van der Waals surface area contributed by atoms with Crippen molar-refractivity contribution in [2.75, 3.05) is 42.8 Å². The minimum atomic E-state index is -0.252. The van der Waals surface area contributed by atoms with E-state index in [-0.39, 0.29) is 5.91 Å². The first-order chi connectivity index (χ1) is 12.1. The van der Waals surface area contributed by atoms with E-state index in [2.05, 4.69) is 10.2 Å². The Morgan fingerprint density at radius 2 is 1.92 bits per heavy atom. The normalized spacial score (nSPS) is 14.4. The van der Waals surface area contributed by atoms with E-state index in [1.54, 1.807) is 30.0 Å². The molecule has 4 nitrogen and oxygen atoms in total. The highest BCUT2D eigenvalue weighted by Crippen LogP contribution is 2.31. The monoisotopic (exact) mass is 396 g/mol. The van der Waals surface area contributed by atoms with E-state index in [0.717, 1.165) is 23.7 Å². The molecule has 2 aromatic rings. The zero-order chi connectivity index (χ0) is 17.8. The molecule has 0 unspecified atom stereocenters. The number of carbonyl (C=O) groups is 1. The first-order valence-electron chi connectivity index (χ1n) is 7.85. The lowest BCUT2D eigenvalue weighted by Gasteiger charge is -2.30. The van der Waals surface area contributed by atoms with Crippen molar-refractivity contribution in [2.24, 2.45) is 0 Å². The molecule has 132 valence electrons. The van der Waals surface area contributed by atoms with Crippen LogP contribution in [0.3, 0.4) is 0 Å². The summed E-state index contributed by atoms with van der Waals surface area (Å²) in [6, 6.07) is 10.9. The fourth-order valence-electron chi connectivity index (χ4n) is 2.68. The Labute approximate surface area is 161 Å². The molecule has 1 aliphatic heterocycles. The third-order valence-corrected chi connectivity index (χ3v) is 5.27. The van der Waals surface area contributed by atoms with Gasteiger partial charge < -0.3 is 15.0 Å². The van der Waals surface area contributed by atoms with Crippen molar-refractivity contribution in [2.45, 2.75) is 4.90 Å². The molecule has 0 spiro atoms. The van der Waals surface area contributed by atoms with Gasteiger partial charge in [0.25, 0.3) is 5.91 Å². The van der Waals surface area contributed by atoms with Gasteiger partial charge in [-0.2, -0.15) is 0 Å². The zero-order valence-electron chi connectivity index (χ0n) is 13.7. The summed E-state index contributed by atoms with van der Waals surface area (Å²) < 4.78 is 5.40. The summed E-state index contributed by atoms with van der Waals surface area (Å²) in [7, 11) is 0. The molecular weight excluding hydrogens is 379 g/mol. The summed E-state index contributed by atoms with van der Waals surface area (Å²) in [5.74, 6) is -0.252. The van der Waals surface area contributed by atoms with Crippen molar-refractivity contribution in [3.63, 3.8) is 0 Å². The Kier molecular flexibility index (Phi) is 6.12. The second-order valence-corrected chi connectivity index (χ2v) is 7.28. The van der Waals surface area contributed by atoms with Gasteiger partial charge in [-0.1, -0.05) is 23.2 Å². The SMILES string of the molecule is CSc1ccc(Cl)c(C(=O)Nc2cc(Cl)ccc2N2CCOCC2)c1. The standard InChI is InChI=1S/C18H18Cl2N2O2S/c1-25-13-3-4-15(20)14(11-13)18(23)21-16-10-12(19)2-5-17(16)22-6-8-24-9-7-22/h2-5,10-11H,6-9H2,1H3,(H,21,23). The van der Waals surface area contributed by atoms with Crippen molar-refractivity contribution < 1.29 is 9.53 Å². The molecule has 0 radical (unpaired) electrons. The molecule has 1 saturated heterocycles. The van der Waals surface area contributed by atoms with Crippen LogP contribution in [0.25, 0.3) is 0 Å². The summed E-state index contributed by atoms with van der Waals surface area (Å²) in [4.78, 5) is 15.9. The van der Waals surface area contributed by atoms with Crippen LogP contribution in [0.5, 0.6) is 0 Å². The molecule has 1 heterocycles. The molecular formula is C18H18Cl2N2O2S. The molecule has 0 aliphatic carbocycles. The fraction of sp³-hybridized carbons (Fsp3) is 0.278. The first-order valence-corrected chi connectivity index (χ1v) is 9.83. The average Bonchev–Trinajstić information content (AvgIpc) is 2.63. The largest absolute Gasteiger partial charge is 0.378 e. The highest BCUT2D eigenvalue weighted by molar-refractivity contribution is 7.98. The molecule has 0 saturated carbocycles. The fourth-order valence-corrected chi connectivity index (χ4v) is 3.50. The number of rotatable bonds is 4. The molecule has 2 aromatic carbocycles. The lowest BCUT2D eigenvalue weighted by Crippen LogP contribution is -2.36. The van der Waals surface area contributed by atoms with Gasteiger partial charge in [0.15, 0.2) is 0 Å². The van der Waals surface area contributed by atoms with Gasteiger partial charge in [0.2, 0.25) is 0 Å². The van der Waals surface area contributed by atoms with E-state index in [4.69, 9.17) is 27.9 Å². The molecule has 0 atom stereocenters. The van der Waals surface area contributed by atoms with E-state index >= 15 is 0 Å². The van der Waals surface area contributed by atoms with Gasteiger partial charge in [0.1, 0.15) is 0 Å². The maximum absolute atomic E-state index is 12.8. The predicted molar refractivity (Wildman–Crippen MR) is 106 cm³/mol. The van der Waals surface area contributed by atoms with E-state index in [0.29, 0.717) is 34.5 Å². The van der Waals surface area contributed by atoms with Crippen molar-refractivity contribution in [3.8, 4) is 0 Å². The number of nitrogens with one attached hydrogen (secondary N) is 1.